The van der Waals surface area contributed by atoms with E-state index in [1.165, 1.54) is 31.5 Å². The van der Waals surface area contributed by atoms with Gasteiger partial charge in [-0.25, -0.2) is 0 Å². The molecule has 0 saturated carbocycles. The minimum absolute atomic E-state index is 0. The van der Waals surface area contributed by atoms with E-state index in [9.17, 15) is 0 Å². The van der Waals surface area contributed by atoms with Crippen LogP contribution in [0.2, 0.25) is 0 Å². The number of ether oxygens (including phenoxy) is 2. The van der Waals surface area contributed by atoms with Gasteiger partial charge in [0.15, 0.2) is 0 Å². The van der Waals surface area contributed by atoms with E-state index in [2.05, 4.69) is 39.8 Å². The van der Waals surface area contributed by atoms with Crippen molar-refractivity contribution in [2.24, 2.45) is 0 Å². The molecule has 0 unspecified atom stereocenters. The summed E-state index contributed by atoms with van der Waals surface area (Å²) < 4.78 is 11.5. The van der Waals surface area contributed by atoms with Crippen molar-refractivity contribution in [1.29, 1.82) is 0 Å². The molecule has 3 saturated heterocycles. The van der Waals surface area contributed by atoms with Crippen molar-refractivity contribution >= 4 is 12.4 Å². The highest BCUT2D eigenvalue weighted by molar-refractivity contribution is 5.85. The van der Waals surface area contributed by atoms with Gasteiger partial charge in [0.25, 0.3) is 0 Å². The number of hydrogen-bond donors (Lipinski definition) is 2. The van der Waals surface area contributed by atoms with Gasteiger partial charge in [0.2, 0.25) is 0 Å². The number of nitrogens with one attached hydrogen (secondary N) is 2. The molecule has 3 heterocycles. The quantitative estimate of drug-likeness (QED) is 0.837. The van der Waals surface area contributed by atoms with Crippen LogP contribution in [0.3, 0.4) is 0 Å². The lowest BCUT2D eigenvalue weighted by molar-refractivity contribution is 0.0255. The largest absolute Gasteiger partial charge is 0.490 e. The summed E-state index contributed by atoms with van der Waals surface area (Å²) in [6.07, 6.45) is 4.80. The van der Waals surface area contributed by atoms with E-state index in [1.54, 1.807) is 0 Å². The molecule has 5 nitrogen and oxygen atoms in total. The van der Waals surface area contributed by atoms with E-state index in [0.29, 0.717) is 11.6 Å². The number of piperazine rings is 1. The second-order valence-corrected chi connectivity index (χ2v) is 7.73. The van der Waals surface area contributed by atoms with Crippen LogP contribution in [0.15, 0.2) is 24.3 Å². The molecule has 3 aliphatic heterocycles. The van der Waals surface area contributed by atoms with Crippen molar-refractivity contribution in [3.05, 3.63) is 29.8 Å². The van der Waals surface area contributed by atoms with Gasteiger partial charge in [-0.15, -0.1) is 12.4 Å². The Balaban J connectivity index is 0.00000196. The predicted molar refractivity (Wildman–Crippen MR) is 106 cm³/mol. The van der Waals surface area contributed by atoms with Gasteiger partial charge in [-0.05, 0) is 30.5 Å². The SMILES string of the molecule is Cl.c1cc(OC2CCOCC2)ccc1CN1CCC2(CC1)CNCCN2. The molecule has 1 aromatic carbocycles. The van der Waals surface area contributed by atoms with Crippen LogP contribution in [0.1, 0.15) is 31.2 Å². The maximum absolute atomic E-state index is 6.07. The van der Waals surface area contributed by atoms with E-state index < -0.39 is 0 Å². The van der Waals surface area contributed by atoms with Crippen LogP contribution in [0.4, 0.5) is 0 Å². The number of rotatable bonds is 4. The van der Waals surface area contributed by atoms with Crippen LogP contribution in [-0.2, 0) is 11.3 Å². The highest BCUT2D eigenvalue weighted by Gasteiger charge is 2.35. The van der Waals surface area contributed by atoms with E-state index in [4.69, 9.17) is 9.47 Å². The summed E-state index contributed by atoms with van der Waals surface area (Å²) in [5.74, 6) is 0.991. The number of halogens is 1. The molecule has 2 N–H and O–H groups in total. The Morgan fingerprint density at radius 3 is 2.46 bits per heavy atom. The molecule has 0 amide bonds. The van der Waals surface area contributed by atoms with Gasteiger partial charge in [0.1, 0.15) is 11.9 Å². The fourth-order valence-electron chi connectivity index (χ4n) is 4.22. The number of piperidine rings is 1. The normalized spacial score (nSPS) is 24.2. The molecule has 3 fully saturated rings. The van der Waals surface area contributed by atoms with Gasteiger partial charge in [-0.2, -0.15) is 0 Å². The third kappa shape index (κ3) is 5.11. The molecule has 6 heteroatoms. The molecule has 1 aromatic rings. The van der Waals surface area contributed by atoms with Crippen LogP contribution in [-0.4, -0.2) is 62.5 Å². The minimum atomic E-state index is 0. The fraction of sp³-hybridized carbons (Fsp3) is 0.700. The molecule has 0 aliphatic carbocycles. The van der Waals surface area contributed by atoms with Gasteiger partial charge >= 0.3 is 0 Å². The minimum Gasteiger partial charge on any atom is -0.490 e. The Hall–Kier alpha value is -0.850. The maximum Gasteiger partial charge on any atom is 0.119 e. The number of benzene rings is 1. The van der Waals surface area contributed by atoms with Crippen LogP contribution in [0, 0.1) is 0 Å². The first-order valence-corrected chi connectivity index (χ1v) is 9.83. The Morgan fingerprint density at radius 1 is 1.08 bits per heavy atom. The topological polar surface area (TPSA) is 45.8 Å². The summed E-state index contributed by atoms with van der Waals surface area (Å²) in [5, 5.41) is 7.30. The van der Waals surface area contributed by atoms with Gasteiger partial charge in [-0.3, -0.25) is 4.90 Å². The summed E-state index contributed by atoms with van der Waals surface area (Å²) in [5.41, 5.74) is 1.72. The predicted octanol–water partition coefficient (Wildman–Crippen LogP) is 2.19. The summed E-state index contributed by atoms with van der Waals surface area (Å²) in [4.78, 5) is 2.58. The monoisotopic (exact) mass is 381 g/mol. The zero-order chi connectivity index (χ0) is 17.0. The van der Waals surface area contributed by atoms with Gasteiger partial charge in [0.05, 0.1) is 13.2 Å². The first-order chi connectivity index (χ1) is 12.3. The highest BCUT2D eigenvalue weighted by Crippen LogP contribution is 2.25. The molecule has 26 heavy (non-hydrogen) atoms. The van der Waals surface area contributed by atoms with Crippen LogP contribution in [0.5, 0.6) is 5.75 Å². The van der Waals surface area contributed by atoms with E-state index in [1.807, 2.05) is 0 Å². The molecular formula is C20H32ClN3O2. The molecule has 0 radical (unpaired) electrons. The number of likely N-dealkylation sites (tertiary alicyclic amines) is 1. The Morgan fingerprint density at radius 2 is 1.81 bits per heavy atom. The molecule has 146 valence electrons. The van der Waals surface area contributed by atoms with Crippen LogP contribution in [0.25, 0.3) is 0 Å². The second-order valence-electron chi connectivity index (χ2n) is 7.73. The number of hydrogen-bond acceptors (Lipinski definition) is 5. The zero-order valence-corrected chi connectivity index (χ0v) is 16.4. The number of nitrogens with zero attached hydrogens (tertiary/aromatic N) is 1. The zero-order valence-electron chi connectivity index (χ0n) is 15.5. The molecule has 4 rings (SSSR count). The van der Waals surface area contributed by atoms with Crippen LogP contribution >= 0.6 is 12.4 Å². The lowest BCUT2D eigenvalue weighted by Crippen LogP contribution is -2.63. The molecule has 1 spiro atoms. The van der Waals surface area contributed by atoms with Gasteiger partial charge in [-0.1, -0.05) is 12.1 Å². The van der Waals surface area contributed by atoms with Crippen molar-refractivity contribution in [3.63, 3.8) is 0 Å². The average Bonchev–Trinajstić information content (AvgIpc) is 2.67. The fourth-order valence-corrected chi connectivity index (χ4v) is 4.22. The summed E-state index contributed by atoms with van der Waals surface area (Å²) >= 11 is 0. The van der Waals surface area contributed by atoms with E-state index >= 15 is 0 Å². The lowest BCUT2D eigenvalue weighted by atomic mass is 9.86. The van der Waals surface area contributed by atoms with E-state index in [-0.39, 0.29) is 12.4 Å². The first kappa shape index (κ1) is 19.9. The highest BCUT2D eigenvalue weighted by atomic mass is 35.5. The molecule has 0 bridgehead atoms. The van der Waals surface area contributed by atoms with Crippen molar-refractivity contribution in [2.75, 3.05) is 45.9 Å². The standard InChI is InChI=1S/C20H31N3O2.ClH/c1-3-18(25-19-5-13-24-14-6-19)4-2-17(1)15-23-11-7-20(8-12-23)16-21-9-10-22-20;/h1-4,19,21-22H,5-16H2;1H. The summed E-state index contributed by atoms with van der Waals surface area (Å²) in [7, 11) is 0. The average molecular weight is 382 g/mol. The Labute approximate surface area is 163 Å². The van der Waals surface area contributed by atoms with Crippen molar-refractivity contribution in [1.82, 2.24) is 15.5 Å². The van der Waals surface area contributed by atoms with Crippen molar-refractivity contribution in [3.8, 4) is 5.75 Å². The maximum atomic E-state index is 6.07. The van der Waals surface area contributed by atoms with Crippen molar-refractivity contribution in [2.45, 2.75) is 43.9 Å². The molecule has 0 aromatic heterocycles. The smallest absolute Gasteiger partial charge is 0.119 e. The third-order valence-corrected chi connectivity index (χ3v) is 5.88. The lowest BCUT2D eigenvalue weighted by Gasteiger charge is -2.45. The van der Waals surface area contributed by atoms with Crippen molar-refractivity contribution < 1.29 is 9.47 Å². The summed E-state index contributed by atoms with van der Waals surface area (Å²) in [6.45, 7) is 8.37. The second kappa shape index (κ2) is 9.38. The van der Waals surface area contributed by atoms with E-state index in [0.717, 1.165) is 58.0 Å². The summed E-state index contributed by atoms with van der Waals surface area (Å²) in [6, 6.07) is 8.70. The third-order valence-electron chi connectivity index (χ3n) is 5.88. The Bertz CT molecular complexity index is 532. The molecule has 3 aliphatic rings. The first-order valence-electron chi connectivity index (χ1n) is 9.83. The van der Waals surface area contributed by atoms with Crippen LogP contribution < -0.4 is 15.4 Å². The van der Waals surface area contributed by atoms with Gasteiger partial charge in [0, 0.05) is 57.6 Å². The molecular weight excluding hydrogens is 350 g/mol. The molecule has 0 atom stereocenters. The Kier molecular flexibility index (Phi) is 7.18. The van der Waals surface area contributed by atoms with Gasteiger partial charge < -0.3 is 20.1 Å².